The first kappa shape index (κ1) is 18.8. The molecule has 1 heterocycles. The van der Waals surface area contributed by atoms with Crippen LogP contribution in [-0.4, -0.2) is 29.2 Å². The van der Waals surface area contributed by atoms with Crippen LogP contribution in [0.1, 0.15) is 46.3 Å². The molecule has 1 unspecified atom stereocenters. The molecule has 1 saturated heterocycles. The number of aryl methyl sites for hydroxylation is 2. The summed E-state index contributed by atoms with van der Waals surface area (Å²) in [7, 11) is 0. The van der Waals surface area contributed by atoms with Crippen molar-refractivity contribution in [1.82, 2.24) is 4.90 Å². The lowest BCUT2D eigenvalue weighted by Crippen LogP contribution is -2.39. The molecule has 2 aromatic rings. The minimum atomic E-state index is 0. The average molecular weight is 351 g/mol. The number of rotatable bonds is 3. The first-order valence-electron chi connectivity index (χ1n) is 9.61. The average Bonchev–Trinajstić information content (AvgIpc) is 2.65. The van der Waals surface area contributed by atoms with Crippen molar-refractivity contribution in [3.8, 4) is 0 Å². The van der Waals surface area contributed by atoms with E-state index < -0.39 is 0 Å². The Morgan fingerprint density at radius 3 is 2.38 bits per heavy atom. The second-order valence-electron chi connectivity index (χ2n) is 7.77. The van der Waals surface area contributed by atoms with Gasteiger partial charge in [-0.05, 0) is 62.7 Å². The van der Waals surface area contributed by atoms with Crippen LogP contribution in [0, 0.1) is 18.8 Å². The van der Waals surface area contributed by atoms with E-state index in [0.717, 1.165) is 50.9 Å². The molecule has 0 amide bonds. The highest BCUT2D eigenvalue weighted by Gasteiger charge is 2.34. The van der Waals surface area contributed by atoms with E-state index in [9.17, 15) is 4.79 Å². The maximum atomic E-state index is 12.9. The van der Waals surface area contributed by atoms with Gasteiger partial charge in [-0.1, -0.05) is 54.1 Å². The van der Waals surface area contributed by atoms with Crippen LogP contribution in [0.3, 0.4) is 0 Å². The number of piperidine rings is 1. The van der Waals surface area contributed by atoms with Gasteiger partial charge >= 0.3 is 0 Å². The van der Waals surface area contributed by atoms with Crippen molar-refractivity contribution in [1.29, 1.82) is 0 Å². The van der Waals surface area contributed by atoms with Gasteiger partial charge in [0.05, 0.1) is 0 Å². The van der Waals surface area contributed by atoms with Crippen LogP contribution < -0.4 is 0 Å². The Morgan fingerprint density at radius 1 is 0.962 bits per heavy atom. The van der Waals surface area contributed by atoms with E-state index in [4.69, 9.17) is 0 Å². The van der Waals surface area contributed by atoms with Crippen molar-refractivity contribution >= 4 is 5.78 Å². The van der Waals surface area contributed by atoms with Crippen molar-refractivity contribution in [2.24, 2.45) is 11.8 Å². The number of fused-ring (bicyclic) bond motifs is 1. The molecule has 1 fully saturated rings. The molecule has 0 bridgehead atoms. The molecule has 0 spiro atoms. The highest BCUT2D eigenvalue weighted by Crippen LogP contribution is 2.35. The third kappa shape index (κ3) is 3.89. The van der Waals surface area contributed by atoms with E-state index in [1.165, 1.54) is 16.7 Å². The molecule has 0 saturated carbocycles. The standard InChI is InChI=1S/C23H27NO.H2O/c1-17-6-8-18(9-7-17)16-24-14-12-20(13-15-24)22-11-10-19-4-2-3-5-21(19)23(22)25;/h2-9,20,22H,10-16H2,1H3;1H2. The van der Waals surface area contributed by atoms with Crippen LogP contribution in [0.2, 0.25) is 0 Å². The van der Waals surface area contributed by atoms with Gasteiger partial charge in [0.25, 0.3) is 0 Å². The third-order valence-electron chi connectivity index (χ3n) is 6.07. The second kappa shape index (κ2) is 8.15. The summed E-state index contributed by atoms with van der Waals surface area (Å²) in [6, 6.07) is 17.1. The fourth-order valence-corrected chi connectivity index (χ4v) is 4.54. The number of carbonyl (C=O) groups excluding carboxylic acids is 1. The molecule has 4 rings (SSSR count). The zero-order chi connectivity index (χ0) is 17.2. The van der Waals surface area contributed by atoms with E-state index in [-0.39, 0.29) is 11.4 Å². The van der Waals surface area contributed by atoms with Crippen molar-refractivity contribution in [2.45, 2.75) is 39.2 Å². The Hall–Kier alpha value is -1.97. The highest BCUT2D eigenvalue weighted by atomic mass is 16.1. The zero-order valence-corrected chi connectivity index (χ0v) is 15.6. The van der Waals surface area contributed by atoms with Crippen molar-refractivity contribution in [2.75, 3.05) is 13.1 Å². The molecule has 2 aliphatic rings. The molecule has 3 nitrogen and oxygen atoms in total. The van der Waals surface area contributed by atoms with Crippen molar-refractivity contribution in [3.63, 3.8) is 0 Å². The van der Waals surface area contributed by atoms with Gasteiger partial charge in [-0.3, -0.25) is 9.69 Å². The number of hydrogen-bond acceptors (Lipinski definition) is 2. The zero-order valence-electron chi connectivity index (χ0n) is 15.6. The summed E-state index contributed by atoms with van der Waals surface area (Å²) in [5, 5.41) is 0. The van der Waals surface area contributed by atoms with Gasteiger partial charge in [0, 0.05) is 18.0 Å². The number of carbonyl (C=O) groups is 1. The number of Topliss-reactive ketones (excluding diaryl/α,β-unsaturated/α-hetero) is 1. The predicted octanol–water partition coefficient (Wildman–Crippen LogP) is 3.83. The third-order valence-corrected chi connectivity index (χ3v) is 6.07. The molecule has 0 aromatic heterocycles. The second-order valence-corrected chi connectivity index (χ2v) is 7.77. The molecular weight excluding hydrogens is 322 g/mol. The topological polar surface area (TPSA) is 51.8 Å². The van der Waals surface area contributed by atoms with Crippen LogP contribution in [-0.2, 0) is 13.0 Å². The normalized spacial score (nSPS) is 21.1. The molecule has 1 aliphatic carbocycles. The SMILES string of the molecule is Cc1ccc(CN2CCC(C3CCc4ccccc4C3=O)CC2)cc1.O. The first-order valence-corrected chi connectivity index (χ1v) is 9.61. The summed E-state index contributed by atoms with van der Waals surface area (Å²) < 4.78 is 0. The van der Waals surface area contributed by atoms with E-state index in [2.05, 4.69) is 48.2 Å². The highest BCUT2D eigenvalue weighted by molar-refractivity contribution is 6.00. The molecule has 3 heteroatoms. The molecule has 138 valence electrons. The lowest BCUT2D eigenvalue weighted by Gasteiger charge is -2.37. The minimum absolute atomic E-state index is 0. The first-order chi connectivity index (χ1) is 12.2. The van der Waals surface area contributed by atoms with E-state index in [0.29, 0.717) is 11.7 Å². The smallest absolute Gasteiger partial charge is 0.166 e. The Bertz CT molecular complexity index is 745. The lowest BCUT2D eigenvalue weighted by atomic mass is 9.73. The number of hydrogen-bond donors (Lipinski definition) is 0. The fraction of sp³-hybridized carbons (Fsp3) is 0.435. The summed E-state index contributed by atoms with van der Waals surface area (Å²) in [4.78, 5) is 15.5. The van der Waals surface area contributed by atoms with E-state index in [1.54, 1.807) is 0 Å². The summed E-state index contributed by atoms with van der Waals surface area (Å²) in [5.74, 6) is 1.21. The largest absolute Gasteiger partial charge is 0.412 e. The number of ketones is 1. The Labute approximate surface area is 156 Å². The quantitative estimate of drug-likeness (QED) is 0.844. The molecule has 26 heavy (non-hydrogen) atoms. The van der Waals surface area contributed by atoms with E-state index in [1.807, 2.05) is 12.1 Å². The molecule has 1 aliphatic heterocycles. The maximum Gasteiger partial charge on any atom is 0.166 e. The minimum Gasteiger partial charge on any atom is -0.412 e. The molecule has 2 aromatic carbocycles. The van der Waals surface area contributed by atoms with Gasteiger partial charge in [-0.2, -0.15) is 0 Å². The van der Waals surface area contributed by atoms with Crippen LogP contribution in [0.5, 0.6) is 0 Å². The van der Waals surface area contributed by atoms with Crippen molar-refractivity contribution in [3.05, 3.63) is 70.8 Å². The predicted molar refractivity (Wildman–Crippen MR) is 105 cm³/mol. The summed E-state index contributed by atoms with van der Waals surface area (Å²) in [6.07, 6.45) is 4.42. The van der Waals surface area contributed by atoms with Crippen molar-refractivity contribution < 1.29 is 10.3 Å². The summed E-state index contributed by atoms with van der Waals surface area (Å²) in [6.45, 7) is 5.40. The lowest BCUT2D eigenvalue weighted by molar-refractivity contribution is 0.0761. The molecule has 1 atom stereocenters. The van der Waals surface area contributed by atoms with Gasteiger partial charge < -0.3 is 5.48 Å². The Kier molecular flexibility index (Phi) is 5.90. The monoisotopic (exact) mass is 351 g/mol. The van der Waals surface area contributed by atoms with Gasteiger partial charge in [-0.15, -0.1) is 0 Å². The van der Waals surface area contributed by atoms with Crippen LogP contribution >= 0.6 is 0 Å². The fourth-order valence-electron chi connectivity index (χ4n) is 4.54. The van der Waals surface area contributed by atoms with E-state index >= 15 is 0 Å². The van der Waals surface area contributed by atoms with Gasteiger partial charge in [0.1, 0.15) is 0 Å². The summed E-state index contributed by atoms with van der Waals surface area (Å²) >= 11 is 0. The molecule has 2 N–H and O–H groups in total. The number of benzene rings is 2. The van der Waals surface area contributed by atoms with Gasteiger partial charge in [0.2, 0.25) is 0 Å². The van der Waals surface area contributed by atoms with Crippen LogP contribution in [0.25, 0.3) is 0 Å². The molecule has 0 radical (unpaired) electrons. The summed E-state index contributed by atoms with van der Waals surface area (Å²) in [5.41, 5.74) is 4.95. The van der Waals surface area contributed by atoms with Crippen LogP contribution in [0.4, 0.5) is 0 Å². The number of nitrogens with zero attached hydrogens (tertiary/aromatic N) is 1. The Morgan fingerprint density at radius 2 is 1.65 bits per heavy atom. The van der Waals surface area contributed by atoms with Gasteiger partial charge in [0.15, 0.2) is 5.78 Å². The Balaban J connectivity index is 0.00000196. The molecular formula is C23H29NO2. The van der Waals surface area contributed by atoms with Crippen LogP contribution in [0.15, 0.2) is 48.5 Å². The maximum absolute atomic E-state index is 12.9. The number of likely N-dealkylation sites (tertiary alicyclic amines) is 1. The van der Waals surface area contributed by atoms with Gasteiger partial charge in [-0.25, -0.2) is 0 Å².